The molecule has 0 radical (unpaired) electrons. The van der Waals surface area contributed by atoms with Crippen molar-refractivity contribution in [2.24, 2.45) is 11.3 Å². The summed E-state index contributed by atoms with van der Waals surface area (Å²) >= 11 is 0. The number of aliphatic hydroxyl groups is 1. The molecule has 0 heterocycles. The van der Waals surface area contributed by atoms with Gasteiger partial charge in [-0.2, -0.15) is 0 Å². The molecule has 3 heteroatoms. The molecule has 2 saturated carbocycles. The van der Waals surface area contributed by atoms with Crippen LogP contribution < -0.4 is 0 Å². The Hall–Kier alpha value is -0.700. The van der Waals surface area contributed by atoms with E-state index in [-0.39, 0.29) is 17.5 Å². The van der Waals surface area contributed by atoms with Crippen molar-refractivity contribution in [3.63, 3.8) is 0 Å². The molecule has 2 fully saturated rings. The summed E-state index contributed by atoms with van der Waals surface area (Å²) in [5.41, 5.74) is -0.409. The monoisotopic (exact) mass is 182 g/mol. The van der Waals surface area contributed by atoms with E-state index in [1.807, 2.05) is 6.92 Å². The molecule has 0 spiro atoms. The normalized spacial score (nSPS) is 45.1. The van der Waals surface area contributed by atoms with Crippen molar-refractivity contribution in [2.45, 2.75) is 38.7 Å². The molecule has 72 valence electrons. The summed E-state index contributed by atoms with van der Waals surface area (Å²) in [4.78, 5) is 22.8. The van der Waals surface area contributed by atoms with Crippen LogP contribution in [0.1, 0.15) is 32.6 Å². The number of ketones is 2. The first-order valence-electron chi connectivity index (χ1n) is 4.80. The van der Waals surface area contributed by atoms with Crippen LogP contribution in [0.4, 0.5) is 0 Å². The summed E-state index contributed by atoms with van der Waals surface area (Å²) < 4.78 is 0. The number of fused-ring (bicyclic) bond motifs is 1. The second kappa shape index (κ2) is 2.64. The molecule has 2 aliphatic carbocycles. The Morgan fingerprint density at radius 2 is 2.08 bits per heavy atom. The van der Waals surface area contributed by atoms with Crippen LogP contribution in [0, 0.1) is 11.3 Å². The number of hydrogen-bond donors (Lipinski definition) is 1. The van der Waals surface area contributed by atoms with Crippen molar-refractivity contribution < 1.29 is 14.7 Å². The number of rotatable bonds is 0. The zero-order chi connectivity index (χ0) is 9.64. The smallest absolute Gasteiger partial charge is 0.161 e. The van der Waals surface area contributed by atoms with Crippen molar-refractivity contribution in [1.29, 1.82) is 0 Å². The average molecular weight is 182 g/mol. The Labute approximate surface area is 77.1 Å². The van der Waals surface area contributed by atoms with Gasteiger partial charge in [0.2, 0.25) is 0 Å². The first kappa shape index (κ1) is 8.88. The van der Waals surface area contributed by atoms with Gasteiger partial charge >= 0.3 is 0 Å². The van der Waals surface area contributed by atoms with Crippen LogP contribution in [0.2, 0.25) is 0 Å². The molecule has 13 heavy (non-hydrogen) atoms. The molecule has 0 bridgehead atoms. The Bertz CT molecular complexity index is 271. The van der Waals surface area contributed by atoms with E-state index >= 15 is 0 Å². The molecule has 0 aliphatic heterocycles. The molecule has 1 N–H and O–H groups in total. The van der Waals surface area contributed by atoms with Crippen LogP contribution in [0.5, 0.6) is 0 Å². The van der Waals surface area contributed by atoms with Gasteiger partial charge < -0.3 is 5.11 Å². The van der Waals surface area contributed by atoms with Gasteiger partial charge in [-0.1, -0.05) is 6.92 Å². The van der Waals surface area contributed by atoms with Crippen LogP contribution >= 0.6 is 0 Å². The molecule has 3 atom stereocenters. The molecular weight excluding hydrogens is 168 g/mol. The summed E-state index contributed by atoms with van der Waals surface area (Å²) in [6.07, 6.45) is 1.32. The largest absolute Gasteiger partial charge is 0.385 e. The molecule has 0 amide bonds. The predicted molar refractivity (Wildman–Crippen MR) is 46.1 cm³/mol. The topological polar surface area (TPSA) is 54.4 Å². The van der Waals surface area contributed by atoms with Crippen molar-refractivity contribution in [1.82, 2.24) is 0 Å². The van der Waals surface area contributed by atoms with E-state index in [0.717, 1.165) is 0 Å². The first-order chi connectivity index (χ1) is 6.05. The second-order valence-corrected chi connectivity index (χ2v) is 4.40. The summed E-state index contributed by atoms with van der Waals surface area (Å²) in [5.74, 6) is 0.0301. The third-order valence-electron chi connectivity index (χ3n) is 3.74. The molecule has 0 saturated heterocycles. The quantitative estimate of drug-likeness (QED) is 0.599. The lowest BCUT2D eigenvalue weighted by Gasteiger charge is -2.36. The highest BCUT2D eigenvalue weighted by molar-refractivity contribution is 5.93. The zero-order valence-corrected chi connectivity index (χ0v) is 7.75. The van der Waals surface area contributed by atoms with Gasteiger partial charge in [-0.3, -0.25) is 9.59 Å². The zero-order valence-electron chi connectivity index (χ0n) is 7.75. The van der Waals surface area contributed by atoms with E-state index < -0.39 is 11.5 Å². The lowest BCUT2D eigenvalue weighted by atomic mass is 9.67. The maximum absolute atomic E-state index is 11.6. The highest BCUT2D eigenvalue weighted by atomic mass is 16.3. The minimum absolute atomic E-state index is 0.0859. The van der Waals surface area contributed by atoms with Gasteiger partial charge in [-0.05, 0) is 12.8 Å². The Kier molecular flexibility index (Phi) is 1.80. The number of carbonyl (C=O) groups excluding carboxylic acids is 2. The van der Waals surface area contributed by atoms with Crippen LogP contribution in [-0.4, -0.2) is 22.8 Å². The Balaban J connectivity index is 2.31. The van der Waals surface area contributed by atoms with Gasteiger partial charge in [0.15, 0.2) is 5.78 Å². The Morgan fingerprint density at radius 3 is 2.77 bits per heavy atom. The fourth-order valence-electron chi connectivity index (χ4n) is 2.68. The van der Waals surface area contributed by atoms with E-state index in [0.29, 0.717) is 25.7 Å². The van der Waals surface area contributed by atoms with Gasteiger partial charge in [0.25, 0.3) is 0 Å². The maximum Gasteiger partial charge on any atom is 0.161 e. The van der Waals surface area contributed by atoms with E-state index in [9.17, 15) is 14.7 Å². The summed E-state index contributed by atoms with van der Waals surface area (Å²) in [5, 5.41) is 9.63. The lowest BCUT2D eigenvalue weighted by Crippen LogP contribution is -2.45. The van der Waals surface area contributed by atoms with E-state index in [1.54, 1.807) is 0 Å². The van der Waals surface area contributed by atoms with Crippen LogP contribution in [-0.2, 0) is 9.59 Å². The molecule has 2 aliphatic rings. The van der Waals surface area contributed by atoms with Gasteiger partial charge in [-0.15, -0.1) is 0 Å². The fourth-order valence-corrected chi connectivity index (χ4v) is 2.68. The third kappa shape index (κ3) is 1.06. The van der Waals surface area contributed by atoms with Crippen LogP contribution in [0.15, 0.2) is 0 Å². The van der Waals surface area contributed by atoms with Crippen molar-refractivity contribution in [3.8, 4) is 0 Å². The molecular formula is C10H14O3. The lowest BCUT2D eigenvalue weighted by molar-refractivity contribution is -0.142. The number of aliphatic hydroxyl groups excluding tert-OH is 1. The first-order valence-corrected chi connectivity index (χ1v) is 4.80. The van der Waals surface area contributed by atoms with E-state index in [2.05, 4.69) is 0 Å². The van der Waals surface area contributed by atoms with Gasteiger partial charge in [0.1, 0.15) is 11.9 Å². The average Bonchev–Trinajstić information content (AvgIpc) is 2.39. The predicted octanol–water partition coefficient (Wildman–Crippen LogP) is 0.696. The Morgan fingerprint density at radius 1 is 1.38 bits per heavy atom. The molecule has 2 rings (SSSR count). The summed E-state index contributed by atoms with van der Waals surface area (Å²) in [7, 11) is 0. The minimum atomic E-state index is -0.884. The number of Topliss-reactive ketones (excluding diaryl/α,β-unsaturated/α-hetero) is 2. The standard InChI is InChI=1S/C10H14O3/c1-10-5-4-7(11)9(13)6(10)2-3-8(10)12/h6,9,13H,2-5H2,1H3. The van der Waals surface area contributed by atoms with E-state index in [4.69, 9.17) is 0 Å². The van der Waals surface area contributed by atoms with Gasteiger partial charge in [0.05, 0.1) is 0 Å². The fraction of sp³-hybridized carbons (Fsp3) is 0.800. The maximum atomic E-state index is 11.6. The molecule has 3 nitrogen and oxygen atoms in total. The molecule has 0 aromatic rings. The number of hydrogen-bond acceptors (Lipinski definition) is 3. The SMILES string of the molecule is CC12CCC(=O)C(O)C1CCC2=O. The second-order valence-electron chi connectivity index (χ2n) is 4.40. The van der Waals surface area contributed by atoms with Crippen molar-refractivity contribution in [3.05, 3.63) is 0 Å². The van der Waals surface area contributed by atoms with Crippen molar-refractivity contribution in [2.75, 3.05) is 0 Å². The molecule has 3 unspecified atom stereocenters. The van der Waals surface area contributed by atoms with Gasteiger partial charge in [-0.25, -0.2) is 0 Å². The van der Waals surface area contributed by atoms with E-state index in [1.165, 1.54) is 0 Å². The molecule has 0 aromatic heterocycles. The summed E-state index contributed by atoms with van der Waals surface area (Å²) in [6, 6.07) is 0. The van der Waals surface area contributed by atoms with Crippen LogP contribution in [0.3, 0.4) is 0 Å². The third-order valence-corrected chi connectivity index (χ3v) is 3.74. The van der Waals surface area contributed by atoms with Gasteiger partial charge in [0, 0.05) is 24.2 Å². The highest BCUT2D eigenvalue weighted by Gasteiger charge is 2.53. The summed E-state index contributed by atoms with van der Waals surface area (Å²) in [6.45, 7) is 1.89. The number of carbonyl (C=O) groups is 2. The van der Waals surface area contributed by atoms with Crippen molar-refractivity contribution >= 4 is 11.6 Å². The van der Waals surface area contributed by atoms with Crippen LogP contribution in [0.25, 0.3) is 0 Å². The molecule has 0 aromatic carbocycles. The minimum Gasteiger partial charge on any atom is -0.385 e. The highest BCUT2D eigenvalue weighted by Crippen LogP contribution is 2.48.